The van der Waals surface area contributed by atoms with Crippen molar-refractivity contribution in [3.8, 4) is 0 Å². The van der Waals surface area contributed by atoms with Gasteiger partial charge in [0.05, 0.1) is 25.4 Å². The van der Waals surface area contributed by atoms with E-state index < -0.39 is 84.7 Å². The molecule has 1 fully saturated rings. The van der Waals surface area contributed by atoms with Gasteiger partial charge in [0.2, 0.25) is 47.3 Å². The molecule has 13 N–H and O–H groups in total. The van der Waals surface area contributed by atoms with Crippen LogP contribution in [-0.4, -0.2) is 161 Å². The maximum atomic E-state index is 14.4. The van der Waals surface area contributed by atoms with Gasteiger partial charge in [-0.1, -0.05) is 83.2 Å². The molecule has 1 aromatic rings. The lowest BCUT2D eigenvalue weighted by molar-refractivity contribution is -0.136. The third-order valence-electron chi connectivity index (χ3n) is 13.0. The Kier molecular flexibility index (Phi) is 28.5. The van der Waals surface area contributed by atoms with Crippen LogP contribution in [0.2, 0.25) is 0 Å². The summed E-state index contributed by atoms with van der Waals surface area (Å²) in [5.41, 5.74) is 14.7. The van der Waals surface area contributed by atoms with Gasteiger partial charge in [0, 0.05) is 51.1 Å². The molecule has 1 heterocycles. The summed E-state index contributed by atoms with van der Waals surface area (Å²) in [7, 11) is 0. The van der Waals surface area contributed by atoms with Gasteiger partial charge < -0.3 is 63.2 Å². The minimum absolute atomic E-state index is 0.0101. The Morgan fingerprint density at radius 3 is 2.08 bits per heavy atom. The molecule has 3 unspecified atom stereocenters. The van der Waals surface area contributed by atoms with Crippen molar-refractivity contribution in [2.75, 3.05) is 52.4 Å². The maximum Gasteiger partial charge on any atom is 0.244 e. The SMILES string of the molecule is CCN(CCCC[C@H](NC(=O)C(CC1CCCCC1)NC(=O)[C@H](C)NC(=O)C(Cc1ccccc1)NC(=O)CC(C)C)C(=O)NC(CO)C(=O)NCCC(=O)N(CC(N)=O)CC1=CN(CCCNO)NN1)C(C)C. The largest absolute Gasteiger partial charge is 0.394 e. The van der Waals surface area contributed by atoms with Crippen molar-refractivity contribution in [1.82, 2.24) is 63.2 Å². The number of aliphatic hydroxyl groups excluding tert-OH is 1. The van der Waals surface area contributed by atoms with Gasteiger partial charge in [-0.25, -0.2) is 5.48 Å². The van der Waals surface area contributed by atoms with Gasteiger partial charge >= 0.3 is 0 Å². The van der Waals surface area contributed by atoms with Crippen LogP contribution in [-0.2, 0) is 44.8 Å². The predicted molar refractivity (Wildman–Crippen MR) is 278 cm³/mol. The number of hydrogen-bond donors (Lipinski definition) is 12. The molecule has 5 atom stereocenters. The number of benzene rings is 1. The first-order valence-electron chi connectivity index (χ1n) is 26.4. The van der Waals surface area contributed by atoms with Crippen LogP contribution in [0.3, 0.4) is 0 Å². The second-order valence-electron chi connectivity index (χ2n) is 20.1. The molecule has 416 valence electrons. The summed E-state index contributed by atoms with van der Waals surface area (Å²) < 4.78 is 0. The number of aliphatic hydroxyl groups is 1. The average Bonchev–Trinajstić information content (AvgIpc) is 3.81. The molecule has 1 saturated carbocycles. The van der Waals surface area contributed by atoms with Crippen molar-refractivity contribution >= 4 is 47.3 Å². The van der Waals surface area contributed by atoms with Crippen LogP contribution < -0.4 is 54.1 Å². The minimum atomic E-state index is -1.47. The Labute approximate surface area is 436 Å². The fourth-order valence-electron chi connectivity index (χ4n) is 8.92. The molecule has 1 aromatic carbocycles. The number of rotatable bonds is 35. The lowest BCUT2D eigenvalue weighted by atomic mass is 9.84. The molecular weight excluding hydrogens is 955 g/mol. The highest BCUT2D eigenvalue weighted by atomic mass is 16.5. The number of hydroxylamine groups is 1. The fraction of sp³-hybridized carbons (Fsp3) is 0.686. The molecule has 0 bridgehead atoms. The number of nitrogens with one attached hydrogen (secondary N) is 9. The number of unbranched alkanes of at least 4 members (excludes halogenated alkanes) is 1. The van der Waals surface area contributed by atoms with Gasteiger partial charge in [0.25, 0.3) is 0 Å². The van der Waals surface area contributed by atoms with Gasteiger partial charge in [0.1, 0.15) is 30.2 Å². The molecule has 1 aliphatic carbocycles. The lowest BCUT2D eigenvalue weighted by Gasteiger charge is -2.30. The van der Waals surface area contributed by atoms with Crippen molar-refractivity contribution in [3.05, 3.63) is 47.8 Å². The summed E-state index contributed by atoms with van der Waals surface area (Å²) in [5.74, 6) is -4.78. The molecule has 0 aromatic heterocycles. The Morgan fingerprint density at radius 2 is 1.45 bits per heavy atom. The van der Waals surface area contributed by atoms with Gasteiger partial charge in [-0.2, -0.15) is 0 Å². The highest BCUT2D eigenvalue weighted by Gasteiger charge is 2.33. The third-order valence-corrected chi connectivity index (χ3v) is 13.0. The Hall–Kier alpha value is -5.88. The summed E-state index contributed by atoms with van der Waals surface area (Å²) in [6, 6.07) is 3.63. The number of carbonyl (C=O) groups is 8. The second-order valence-corrected chi connectivity index (χ2v) is 20.1. The van der Waals surface area contributed by atoms with Crippen LogP contribution in [0, 0.1) is 11.8 Å². The molecule has 23 nitrogen and oxygen atoms in total. The molecule has 1 aliphatic heterocycles. The van der Waals surface area contributed by atoms with E-state index in [0.717, 1.165) is 50.8 Å². The summed E-state index contributed by atoms with van der Waals surface area (Å²) in [6.45, 7) is 12.5. The van der Waals surface area contributed by atoms with Crippen LogP contribution in [0.4, 0.5) is 0 Å². The lowest BCUT2D eigenvalue weighted by Crippen LogP contribution is -2.59. The Morgan fingerprint density at radius 1 is 0.784 bits per heavy atom. The highest BCUT2D eigenvalue weighted by Crippen LogP contribution is 2.27. The number of carbonyl (C=O) groups excluding carboxylic acids is 8. The van der Waals surface area contributed by atoms with E-state index >= 15 is 0 Å². The van der Waals surface area contributed by atoms with E-state index in [1.54, 1.807) is 11.2 Å². The zero-order valence-electron chi connectivity index (χ0n) is 44.5. The van der Waals surface area contributed by atoms with Gasteiger partial charge in [-0.05, 0) is 83.4 Å². The van der Waals surface area contributed by atoms with Crippen molar-refractivity contribution in [3.63, 3.8) is 0 Å². The van der Waals surface area contributed by atoms with Crippen LogP contribution in [0.15, 0.2) is 42.2 Å². The van der Waals surface area contributed by atoms with Crippen LogP contribution in [0.5, 0.6) is 0 Å². The maximum absolute atomic E-state index is 14.4. The predicted octanol–water partition coefficient (Wildman–Crippen LogP) is -0.0623. The number of amides is 8. The molecule has 74 heavy (non-hydrogen) atoms. The molecular formula is C51H87N13O10. The van der Waals surface area contributed by atoms with Crippen molar-refractivity contribution < 1.29 is 48.7 Å². The van der Waals surface area contributed by atoms with E-state index in [9.17, 15) is 43.5 Å². The number of nitrogens with two attached hydrogens (primary N) is 1. The molecule has 0 saturated heterocycles. The second kappa shape index (κ2) is 33.8. The number of nitrogens with zero attached hydrogens (tertiary/aromatic N) is 3. The zero-order valence-corrected chi connectivity index (χ0v) is 44.5. The van der Waals surface area contributed by atoms with Crippen molar-refractivity contribution in [2.45, 2.75) is 161 Å². The van der Waals surface area contributed by atoms with Gasteiger partial charge in [0.15, 0.2) is 0 Å². The summed E-state index contributed by atoms with van der Waals surface area (Å²) >= 11 is 0. The highest BCUT2D eigenvalue weighted by molar-refractivity contribution is 5.96. The average molecular weight is 1040 g/mol. The monoisotopic (exact) mass is 1040 g/mol. The summed E-state index contributed by atoms with van der Waals surface area (Å²) in [6.07, 6.45) is 8.74. The number of primary amides is 1. The zero-order chi connectivity index (χ0) is 54.6. The van der Waals surface area contributed by atoms with Crippen molar-refractivity contribution in [1.29, 1.82) is 0 Å². The molecule has 8 amide bonds. The van der Waals surface area contributed by atoms with Crippen LogP contribution >= 0.6 is 0 Å². The van der Waals surface area contributed by atoms with E-state index in [2.05, 4.69) is 74.0 Å². The quantitative estimate of drug-likeness (QED) is 0.0313. The van der Waals surface area contributed by atoms with Crippen molar-refractivity contribution in [2.24, 2.45) is 17.6 Å². The van der Waals surface area contributed by atoms with E-state index in [1.807, 2.05) is 44.2 Å². The molecule has 0 spiro atoms. The first-order valence-corrected chi connectivity index (χ1v) is 26.4. The molecule has 23 heteroatoms. The standard InChI is InChI=1S/C51H87N13O10/c1-7-62(35(4)5)25-15-14-21-40(49(71)59-43(33-65)48(70)53-24-22-46(68)63(32-44(52)66)30-39-31-64(61-60-39)26-16-23-54-74)57-51(73)42(29-38-19-12-9-13-20-38)58-47(69)36(6)55-50(72)41(56-45(67)27-34(2)3)28-37-17-10-8-11-18-37/h8,10-11,17-18,31,34-36,38,40-43,54,60-61,65,74H,7,9,12-16,19-30,32-33H2,1-6H3,(H2,52,66)(H,53,70)(H,55,72)(H,56,67)(H,57,73)(H,58,69)(H,59,71)/t36-,40-,41?,42?,43?/m0/s1. The molecule has 3 rings (SSSR count). The van der Waals surface area contributed by atoms with Gasteiger partial charge in [-0.3, -0.25) is 43.4 Å². The number of hydrazine groups is 2. The topological polar surface area (TPSA) is 321 Å². The Balaban J connectivity index is 1.75. The van der Waals surface area contributed by atoms with Crippen LogP contribution in [0.1, 0.15) is 124 Å². The molecule has 0 radical (unpaired) electrons. The van der Waals surface area contributed by atoms with E-state index in [0.29, 0.717) is 38.0 Å². The smallest absolute Gasteiger partial charge is 0.244 e. The number of hydrogen-bond acceptors (Lipinski definition) is 15. The van der Waals surface area contributed by atoms with Crippen LogP contribution in [0.25, 0.3) is 0 Å². The minimum Gasteiger partial charge on any atom is -0.394 e. The summed E-state index contributed by atoms with van der Waals surface area (Å²) in [5, 5.41) is 37.3. The van der Waals surface area contributed by atoms with E-state index in [1.165, 1.54) is 11.8 Å². The molecule has 2 aliphatic rings. The summed E-state index contributed by atoms with van der Waals surface area (Å²) in [4.78, 5) is 111. The van der Waals surface area contributed by atoms with E-state index in [-0.39, 0.29) is 69.0 Å². The Bertz CT molecular complexity index is 1970. The third kappa shape index (κ3) is 23.5. The first kappa shape index (κ1) is 62.4. The fourth-order valence-corrected chi connectivity index (χ4v) is 8.92. The van der Waals surface area contributed by atoms with Gasteiger partial charge in [-0.15, -0.1) is 5.53 Å². The normalized spacial score (nSPS) is 15.8. The van der Waals surface area contributed by atoms with E-state index in [4.69, 9.17) is 10.9 Å². The first-order chi connectivity index (χ1) is 35.3.